The highest BCUT2D eigenvalue weighted by atomic mass is 35.5. The van der Waals surface area contributed by atoms with Crippen LogP contribution in [0.2, 0.25) is 5.02 Å². The van der Waals surface area contributed by atoms with E-state index in [9.17, 15) is 0 Å². The van der Waals surface area contributed by atoms with E-state index in [2.05, 4.69) is 25.6 Å². The van der Waals surface area contributed by atoms with Crippen LogP contribution in [0.25, 0.3) is 22.0 Å². The summed E-state index contributed by atoms with van der Waals surface area (Å²) in [6.07, 6.45) is 3.01. The van der Waals surface area contributed by atoms with Crippen molar-refractivity contribution in [3.63, 3.8) is 0 Å². The second-order valence-electron chi connectivity index (χ2n) is 7.99. The Bertz CT molecular complexity index is 1540. The molecule has 0 unspecified atom stereocenters. The standard InChI is InChI=1S/C25H20ClN5O4/c1-32-23-9-19-17(8-24(23)35-16-10-27-11-16)25(29-12-28-19)31-14-2-4-21(18(26)6-14)34-15-3-5-22-20(7-15)30-13-33-22/h2-9,12-13,16,27H,10-11H2,1H3,(H,28,29,31). The zero-order chi connectivity index (χ0) is 23.8. The molecule has 0 bridgehead atoms. The minimum absolute atomic E-state index is 0.110. The zero-order valence-corrected chi connectivity index (χ0v) is 19.4. The van der Waals surface area contributed by atoms with Gasteiger partial charge in [-0.2, -0.15) is 0 Å². The molecule has 5 aromatic rings. The third kappa shape index (κ3) is 4.27. The Balaban J connectivity index is 1.27. The van der Waals surface area contributed by atoms with Crippen molar-refractivity contribution >= 4 is 45.1 Å². The summed E-state index contributed by atoms with van der Waals surface area (Å²) in [6, 6.07) is 14.6. The molecule has 10 heteroatoms. The summed E-state index contributed by atoms with van der Waals surface area (Å²) >= 11 is 6.53. The van der Waals surface area contributed by atoms with Gasteiger partial charge in [0.1, 0.15) is 35.3 Å². The number of fused-ring (bicyclic) bond motifs is 2. The lowest BCUT2D eigenvalue weighted by Gasteiger charge is -2.28. The lowest BCUT2D eigenvalue weighted by molar-refractivity contribution is 0.137. The molecule has 1 saturated heterocycles. The van der Waals surface area contributed by atoms with Crippen molar-refractivity contribution in [2.24, 2.45) is 0 Å². The molecule has 35 heavy (non-hydrogen) atoms. The van der Waals surface area contributed by atoms with Crippen molar-refractivity contribution in [1.29, 1.82) is 0 Å². The Morgan fingerprint density at radius 1 is 0.971 bits per heavy atom. The predicted molar refractivity (Wildman–Crippen MR) is 132 cm³/mol. The number of anilines is 2. The second kappa shape index (κ2) is 8.94. The summed E-state index contributed by atoms with van der Waals surface area (Å²) in [5.41, 5.74) is 2.88. The summed E-state index contributed by atoms with van der Waals surface area (Å²) in [7, 11) is 1.61. The van der Waals surface area contributed by atoms with Gasteiger partial charge in [0.15, 0.2) is 23.5 Å². The molecule has 3 aromatic carbocycles. The fourth-order valence-electron chi connectivity index (χ4n) is 3.77. The summed E-state index contributed by atoms with van der Waals surface area (Å²) < 4.78 is 22.8. The number of aromatic nitrogens is 3. The van der Waals surface area contributed by atoms with Crippen LogP contribution < -0.4 is 24.8 Å². The Kier molecular flexibility index (Phi) is 5.48. The van der Waals surface area contributed by atoms with Crippen molar-refractivity contribution < 1.29 is 18.6 Å². The van der Waals surface area contributed by atoms with Gasteiger partial charge in [0.2, 0.25) is 0 Å². The highest BCUT2D eigenvalue weighted by Crippen LogP contribution is 2.37. The molecule has 0 radical (unpaired) electrons. The first kappa shape index (κ1) is 21.5. The van der Waals surface area contributed by atoms with Crippen molar-refractivity contribution in [2.45, 2.75) is 6.10 Å². The number of rotatable bonds is 7. The van der Waals surface area contributed by atoms with Gasteiger partial charge in [-0.05, 0) is 36.4 Å². The van der Waals surface area contributed by atoms with Crippen LogP contribution in [-0.4, -0.2) is 41.3 Å². The molecule has 1 aliphatic heterocycles. The smallest absolute Gasteiger partial charge is 0.181 e. The molecule has 2 aromatic heterocycles. The number of methoxy groups -OCH3 is 1. The molecule has 0 spiro atoms. The molecule has 0 saturated carbocycles. The Labute approximate surface area is 205 Å². The van der Waals surface area contributed by atoms with Crippen molar-refractivity contribution in [1.82, 2.24) is 20.3 Å². The summed E-state index contributed by atoms with van der Waals surface area (Å²) in [5.74, 6) is 3.02. The SMILES string of the molecule is COc1cc2ncnc(Nc3ccc(Oc4ccc5ocnc5c4)c(Cl)c3)c2cc1OC1CNC1. The average Bonchev–Trinajstić information content (AvgIpc) is 3.31. The summed E-state index contributed by atoms with van der Waals surface area (Å²) in [5, 5.41) is 7.76. The van der Waals surface area contributed by atoms with Gasteiger partial charge in [-0.25, -0.2) is 15.0 Å². The maximum Gasteiger partial charge on any atom is 0.181 e. The van der Waals surface area contributed by atoms with Crippen LogP contribution in [0.15, 0.2) is 65.7 Å². The molecule has 1 aliphatic rings. The molecular weight excluding hydrogens is 470 g/mol. The van der Waals surface area contributed by atoms with E-state index in [0.29, 0.717) is 44.9 Å². The van der Waals surface area contributed by atoms with Gasteiger partial charge in [0.25, 0.3) is 0 Å². The fourth-order valence-corrected chi connectivity index (χ4v) is 3.99. The predicted octanol–water partition coefficient (Wildman–Crippen LogP) is 5.32. The van der Waals surface area contributed by atoms with Gasteiger partial charge in [-0.1, -0.05) is 11.6 Å². The molecule has 3 heterocycles. The number of nitrogens with one attached hydrogen (secondary N) is 2. The van der Waals surface area contributed by atoms with Gasteiger partial charge in [-0.3, -0.25) is 0 Å². The molecule has 9 nitrogen and oxygen atoms in total. The molecule has 1 fully saturated rings. The number of hydrogen-bond donors (Lipinski definition) is 2. The number of halogens is 1. The molecule has 2 N–H and O–H groups in total. The van der Waals surface area contributed by atoms with Crippen LogP contribution in [-0.2, 0) is 0 Å². The third-order valence-electron chi connectivity index (χ3n) is 5.68. The van der Waals surface area contributed by atoms with Crippen molar-refractivity contribution in [2.75, 3.05) is 25.5 Å². The van der Waals surface area contributed by atoms with Crippen LogP contribution in [0.1, 0.15) is 0 Å². The molecule has 176 valence electrons. The topological polar surface area (TPSA) is 104 Å². The molecule has 0 atom stereocenters. The van der Waals surface area contributed by atoms with Crippen LogP contribution in [0.5, 0.6) is 23.0 Å². The van der Waals surface area contributed by atoms with E-state index in [1.54, 1.807) is 37.4 Å². The normalized spacial score (nSPS) is 13.5. The Hall–Kier alpha value is -4.08. The number of oxazole rings is 1. The van der Waals surface area contributed by atoms with Crippen molar-refractivity contribution in [3.05, 3.63) is 66.3 Å². The van der Waals surface area contributed by atoms with Crippen LogP contribution >= 0.6 is 11.6 Å². The van der Waals surface area contributed by atoms with Crippen molar-refractivity contribution in [3.8, 4) is 23.0 Å². The van der Waals surface area contributed by atoms with Gasteiger partial charge in [-0.15, -0.1) is 0 Å². The maximum absolute atomic E-state index is 6.53. The number of hydrogen-bond acceptors (Lipinski definition) is 9. The molecule has 0 amide bonds. The highest BCUT2D eigenvalue weighted by molar-refractivity contribution is 6.32. The number of nitrogens with zero attached hydrogens (tertiary/aromatic N) is 3. The highest BCUT2D eigenvalue weighted by Gasteiger charge is 2.21. The van der Waals surface area contributed by atoms with E-state index >= 15 is 0 Å². The minimum atomic E-state index is 0.110. The third-order valence-corrected chi connectivity index (χ3v) is 5.98. The van der Waals surface area contributed by atoms with Gasteiger partial charge in [0, 0.05) is 36.3 Å². The average molecular weight is 490 g/mol. The fraction of sp³-hybridized carbons (Fsp3) is 0.160. The van der Waals surface area contributed by atoms with Gasteiger partial charge >= 0.3 is 0 Å². The summed E-state index contributed by atoms with van der Waals surface area (Å²) in [6.45, 7) is 1.61. The van der Waals surface area contributed by atoms with E-state index in [0.717, 1.165) is 29.7 Å². The van der Waals surface area contributed by atoms with E-state index < -0.39 is 0 Å². The quantitative estimate of drug-likeness (QED) is 0.314. The number of ether oxygens (including phenoxy) is 3. The largest absolute Gasteiger partial charge is 0.493 e. The molecule has 6 rings (SSSR count). The molecular formula is C25H20ClN5O4. The molecule has 0 aliphatic carbocycles. The second-order valence-corrected chi connectivity index (χ2v) is 8.40. The van der Waals surface area contributed by atoms with Gasteiger partial charge < -0.3 is 29.3 Å². The van der Waals surface area contributed by atoms with Crippen LogP contribution in [0, 0.1) is 0 Å². The first-order chi connectivity index (χ1) is 17.2. The maximum atomic E-state index is 6.53. The Morgan fingerprint density at radius 3 is 2.69 bits per heavy atom. The first-order valence-electron chi connectivity index (χ1n) is 10.9. The van der Waals surface area contributed by atoms with E-state index in [1.165, 1.54) is 12.7 Å². The van der Waals surface area contributed by atoms with Gasteiger partial charge in [0.05, 0.1) is 17.6 Å². The first-order valence-corrected chi connectivity index (χ1v) is 11.3. The minimum Gasteiger partial charge on any atom is -0.493 e. The zero-order valence-electron chi connectivity index (χ0n) is 18.6. The van der Waals surface area contributed by atoms with Crippen LogP contribution in [0.3, 0.4) is 0 Å². The summed E-state index contributed by atoms with van der Waals surface area (Å²) in [4.78, 5) is 13.0. The van der Waals surface area contributed by atoms with E-state index in [-0.39, 0.29) is 6.10 Å². The number of benzene rings is 3. The monoisotopic (exact) mass is 489 g/mol. The van der Waals surface area contributed by atoms with E-state index in [1.807, 2.05) is 18.2 Å². The lowest BCUT2D eigenvalue weighted by Crippen LogP contribution is -2.50. The Morgan fingerprint density at radius 2 is 1.89 bits per heavy atom. The van der Waals surface area contributed by atoms with Crippen LogP contribution in [0.4, 0.5) is 11.5 Å². The lowest BCUT2D eigenvalue weighted by atomic mass is 10.2. The van der Waals surface area contributed by atoms with E-state index in [4.69, 9.17) is 30.2 Å².